The van der Waals surface area contributed by atoms with Crippen LogP contribution in [0.5, 0.6) is 0 Å². The van der Waals surface area contributed by atoms with Crippen molar-refractivity contribution in [2.45, 2.75) is 64.8 Å². The molecule has 1 fully saturated rings. The lowest BCUT2D eigenvalue weighted by Gasteiger charge is -2.23. The van der Waals surface area contributed by atoms with Gasteiger partial charge in [-0.3, -0.25) is 0 Å². The maximum absolute atomic E-state index is 5.06. The van der Waals surface area contributed by atoms with Gasteiger partial charge in [0.05, 0.1) is 11.0 Å². The molecule has 1 atom stereocenters. The molecule has 1 aliphatic heterocycles. The Bertz CT molecular complexity index is 621. The Balaban J connectivity index is 2.03. The van der Waals surface area contributed by atoms with E-state index in [9.17, 15) is 0 Å². The summed E-state index contributed by atoms with van der Waals surface area (Å²) in [6.45, 7) is 10.1. The lowest BCUT2D eigenvalue weighted by molar-refractivity contribution is 0.431. The number of fused-ring (bicyclic) bond motifs is 1. The number of imidazole rings is 1. The number of hydrogen-bond donors (Lipinski definition) is 1. The van der Waals surface area contributed by atoms with Crippen LogP contribution in [0.4, 0.5) is 0 Å². The minimum atomic E-state index is 0.560. The average Bonchev–Trinajstić information content (AvgIpc) is 2.91. The zero-order chi connectivity index (χ0) is 15.5. The number of aromatic nitrogens is 2. The fourth-order valence-electron chi connectivity index (χ4n) is 3.46. The predicted molar refractivity (Wildman–Crippen MR) is 93.6 cm³/mol. The Morgan fingerprint density at radius 1 is 1.36 bits per heavy atom. The standard InChI is InChI=1S/C19H29N3/c1-4-5-11-22-18-9-8-15(14(2)3)12-17(18)21-19(22)16-7-6-10-20-13-16/h8-9,12,14,16,20H,4-7,10-11,13H2,1-3H3. The summed E-state index contributed by atoms with van der Waals surface area (Å²) in [5.41, 5.74) is 3.89. The summed E-state index contributed by atoms with van der Waals surface area (Å²) >= 11 is 0. The smallest absolute Gasteiger partial charge is 0.114 e. The summed E-state index contributed by atoms with van der Waals surface area (Å²) < 4.78 is 2.49. The van der Waals surface area contributed by atoms with E-state index in [1.165, 1.54) is 48.1 Å². The second kappa shape index (κ2) is 6.82. The predicted octanol–water partition coefficient (Wildman–Crippen LogP) is 4.43. The van der Waals surface area contributed by atoms with Gasteiger partial charge in [0.25, 0.3) is 0 Å². The molecule has 3 heteroatoms. The number of nitrogens with one attached hydrogen (secondary N) is 1. The van der Waals surface area contributed by atoms with Gasteiger partial charge in [-0.15, -0.1) is 0 Å². The van der Waals surface area contributed by atoms with Gasteiger partial charge in [0, 0.05) is 19.0 Å². The number of rotatable bonds is 5. The Morgan fingerprint density at radius 3 is 2.91 bits per heavy atom. The van der Waals surface area contributed by atoms with Crippen molar-refractivity contribution in [2.75, 3.05) is 13.1 Å². The molecular formula is C19H29N3. The average molecular weight is 299 g/mol. The molecule has 2 heterocycles. The van der Waals surface area contributed by atoms with Crippen LogP contribution in [0.1, 0.15) is 69.7 Å². The molecular weight excluding hydrogens is 270 g/mol. The molecule has 2 aromatic rings. The molecule has 1 N–H and O–H groups in total. The summed E-state index contributed by atoms with van der Waals surface area (Å²) in [6, 6.07) is 6.86. The Morgan fingerprint density at radius 2 is 2.23 bits per heavy atom. The van der Waals surface area contributed by atoms with E-state index in [1.54, 1.807) is 0 Å². The van der Waals surface area contributed by atoms with Crippen LogP contribution >= 0.6 is 0 Å². The van der Waals surface area contributed by atoms with Gasteiger partial charge in [0.2, 0.25) is 0 Å². The Kier molecular flexibility index (Phi) is 4.82. The molecule has 3 nitrogen and oxygen atoms in total. The van der Waals surface area contributed by atoms with E-state index in [2.05, 4.69) is 48.9 Å². The SMILES string of the molecule is CCCCn1c(C2CCCNC2)nc2cc(C(C)C)ccc21. The van der Waals surface area contributed by atoms with Crippen LogP contribution in [0.15, 0.2) is 18.2 Å². The molecule has 3 rings (SSSR count). The van der Waals surface area contributed by atoms with Gasteiger partial charge in [0.15, 0.2) is 0 Å². The van der Waals surface area contributed by atoms with Crippen molar-refractivity contribution < 1.29 is 0 Å². The highest BCUT2D eigenvalue weighted by Crippen LogP contribution is 2.29. The number of hydrogen-bond acceptors (Lipinski definition) is 2. The maximum Gasteiger partial charge on any atom is 0.114 e. The molecule has 0 aliphatic carbocycles. The van der Waals surface area contributed by atoms with Gasteiger partial charge in [-0.2, -0.15) is 0 Å². The lowest BCUT2D eigenvalue weighted by Crippen LogP contribution is -2.30. The third-order valence-electron chi connectivity index (χ3n) is 4.87. The first kappa shape index (κ1) is 15.5. The highest BCUT2D eigenvalue weighted by Gasteiger charge is 2.22. The Labute approximate surface area is 134 Å². The van der Waals surface area contributed by atoms with Gasteiger partial charge in [0.1, 0.15) is 5.82 Å². The van der Waals surface area contributed by atoms with Crippen molar-refractivity contribution in [3.8, 4) is 0 Å². The fourth-order valence-corrected chi connectivity index (χ4v) is 3.46. The summed E-state index contributed by atoms with van der Waals surface area (Å²) in [7, 11) is 0. The van der Waals surface area contributed by atoms with Crippen LogP contribution in [0.2, 0.25) is 0 Å². The van der Waals surface area contributed by atoms with E-state index in [0.29, 0.717) is 11.8 Å². The molecule has 22 heavy (non-hydrogen) atoms. The van der Waals surface area contributed by atoms with Gasteiger partial charge in [-0.1, -0.05) is 33.3 Å². The number of benzene rings is 1. The van der Waals surface area contributed by atoms with Crippen LogP contribution in [0.25, 0.3) is 11.0 Å². The van der Waals surface area contributed by atoms with E-state index in [-0.39, 0.29) is 0 Å². The van der Waals surface area contributed by atoms with E-state index in [4.69, 9.17) is 4.98 Å². The highest BCUT2D eigenvalue weighted by molar-refractivity contribution is 5.77. The molecule has 1 aromatic carbocycles. The first-order valence-electron chi connectivity index (χ1n) is 8.91. The van der Waals surface area contributed by atoms with Crippen LogP contribution in [0, 0.1) is 0 Å². The largest absolute Gasteiger partial charge is 0.328 e. The van der Waals surface area contributed by atoms with Gasteiger partial charge in [-0.05, 0) is 49.4 Å². The van der Waals surface area contributed by atoms with Crippen LogP contribution in [-0.4, -0.2) is 22.6 Å². The van der Waals surface area contributed by atoms with E-state index in [0.717, 1.165) is 19.6 Å². The molecule has 0 spiro atoms. The van der Waals surface area contributed by atoms with Crippen molar-refractivity contribution in [2.24, 2.45) is 0 Å². The molecule has 0 radical (unpaired) electrons. The van der Waals surface area contributed by atoms with Crippen molar-refractivity contribution in [3.63, 3.8) is 0 Å². The monoisotopic (exact) mass is 299 g/mol. The quantitative estimate of drug-likeness (QED) is 0.885. The summed E-state index contributed by atoms with van der Waals surface area (Å²) in [5, 5.41) is 3.54. The summed E-state index contributed by atoms with van der Waals surface area (Å²) in [6.07, 6.45) is 4.98. The second-order valence-electron chi connectivity index (χ2n) is 6.92. The van der Waals surface area contributed by atoms with Crippen molar-refractivity contribution in [1.29, 1.82) is 0 Å². The van der Waals surface area contributed by atoms with Gasteiger partial charge < -0.3 is 9.88 Å². The third-order valence-corrected chi connectivity index (χ3v) is 4.87. The van der Waals surface area contributed by atoms with E-state index < -0.39 is 0 Å². The van der Waals surface area contributed by atoms with Crippen LogP contribution in [-0.2, 0) is 6.54 Å². The Hall–Kier alpha value is -1.35. The number of aryl methyl sites for hydroxylation is 1. The first-order chi connectivity index (χ1) is 10.7. The molecule has 1 unspecified atom stereocenters. The topological polar surface area (TPSA) is 29.9 Å². The normalized spacial score (nSPS) is 19.2. The maximum atomic E-state index is 5.06. The van der Waals surface area contributed by atoms with E-state index in [1.807, 2.05) is 0 Å². The first-order valence-corrected chi connectivity index (χ1v) is 8.91. The molecule has 1 aliphatic rings. The van der Waals surface area contributed by atoms with Gasteiger partial charge in [-0.25, -0.2) is 4.98 Å². The number of piperidine rings is 1. The van der Waals surface area contributed by atoms with Crippen molar-refractivity contribution in [3.05, 3.63) is 29.6 Å². The number of unbranched alkanes of at least 4 members (excludes halogenated alkanes) is 1. The summed E-state index contributed by atoms with van der Waals surface area (Å²) in [5.74, 6) is 2.43. The second-order valence-corrected chi connectivity index (χ2v) is 6.92. The third kappa shape index (κ3) is 3.05. The zero-order valence-electron chi connectivity index (χ0n) is 14.2. The number of nitrogens with zero attached hydrogens (tertiary/aromatic N) is 2. The fraction of sp³-hybridized carbons (Fsp3) is 0.632. The molecule has 0 amide bonds. The zero-order valence-corrected chi connectivity index (χ0v) is 14.2. The molecule has 120 valence electrons. The minimum absolute atomic E-state index is 0.560. The minimum Gasteiger partial charge on any atom is -0.328 e. The van der Waals surface area contributed by atoms with Gasteiger partial charge >= 0.3 is 0 Å². The lowest BCUT2D eigenvalue weighted by atomic mass is 9.99. The van der Waals surface area contributed by atoms with Crippen LogP contribution < -0.4 is 5.32 Å². The van der Waals surface area contributed by atoms with Crippen molar-refractivity contribution in [1.82, 2.24) is 14.9 Å². The molecule has 1 saturated heterocycles. The summed E-state index contributed by atoms with van der Waals surface area (Å²) in [4.78, 5) is 5.06. The molecule has 1 aromatic heterocycles. The molecule has 0 bridgehead atoms. The van der Waals surface area contributed by atoms with E-state index >= 15 is 0 Å². The van der Waals surface area contributed by atoms with Crippen molar-refractivity contribution >= 4 is 11.0 Å². The molecule has 0 saturated carbocycles. The highest BCUT2D eigenvalue weighted by atomic mass is 15.1. The van der Waals surface area contributed by atoms with Crippen LogP contribution in [0.3, 0.4) is 0 Å².